The van der Waals surface area contributed by atoms with E-state index in [-0.39, 0.29) is 10.8 Å². The van der Waals surface area contributed by atoms with Crippen LogP contribution >= 0.6 is 0 Å². The highest BCUT2D eigenvalue weighted by Gasteiger charge is 2.47. The van der Waals surface area contributed by atoms with Gasteiger partial charge >= 0.3 is 0 Å². The van der Waals surface area contributed by atoms with Crippen LogP contribution in [0.25, 0.3) is 16.8 Å². The predicted octanol–water partition coefficient (Wildman–Crippen LogP) is 10.2. The lowest BCUT2D eigenvalue weighted by atomic mass is 9.73. The largest absolute Gasteiger partial charge is 0.253 e. The second-order valence-corrected chi connectivity index (χ2v) is 13.3. The molecule has 40 heavy (non-hydrogen) atoms. The quantitative estimate of drug-likeness (QED) is 0.302. The molecule has 0 heterocycles. The Morgan fingerprint density at radius 2 is 1.52 bits per heavy atom. The van der Waals surface area contributed by atoms with Crippen molar-refractivity contribution in [2.45, 2.75) is 72.1 Å². The van der Waals surface area contributed by atoms with Gasteiger partial charge in [0, 0.05) is 28.0 Å². The van der Waals surface area contributed by atoms with Gasteiger partial charge in [-0.3, -0.25) is 4.99 Å². The standard InChI is InChI=1S/C39H41N/c1-22(2)28-16-23(3)36-30-20-33-31(21-32(30)38(7,8)34(36)18-28)37-24(4)17-29(19-35(37)39(33,9)10)26(6)40-25(5)27-14-12-11-13-15-27/h11-21,23,36H,1,6H2,2-5,7-10H3. The van der Waals surface area contributed by atoms with Gasteiger partial charge in [-0.25, -0.2) is 0 Å². The van der Waals surface area contributed by atoms with E-state index in [0.29, 0.717) is 11.8 Å². The highest BCUT2D eigenvalue weighted by Crippen LogP contribution is 2.60. The van der Waals surface area contributed by atoms with E-state index in [1.807, 2.05) is 6.07 Å². The third kappa shape index (κ3) is 3.78. The van der Waals surface area contributed by atoms with Crippen molar-refractivity contribution in [1.29, 1.82) is 0 Å². The van der Waals surface area contributed by atoms with Gasteiger partial charge in [0.1, 0.15) is 0 Å². The maximum absolute atomic E-state index is 4.93. The number of fused-ring (bicyclic) bond motifs is 6. The van der Waals surface area contributed by atoms with Crippen molar-refractivity contribution in [2.24, 2.45) is 10.9 Å². The third-order valence-corrected chi connectivity index (χ3v) is 9.81. The molecule has 0 radical (unpaired) electrons. The summed E-state index contributed by atoms with van der Waals surface area (Å²) >= 11 is 0. The first-order chi connectivity index (χ1) is 18.8. The fraction of sp³-hybridized carbons (Fsp3) is 0.308. The number of allylic oxidation sites excluding steroid dienone is 5. The lowest BCUT2D eigenvalue weighted by Crippen LogP contribution is -2.21. The fourth-order valence-electron chi connectivity index (χ4n) is 7.51. The number of benzene rings is 3. The molecule has 2 unspecified atom stereocenters. The molecule has 0 N–H and O–H groups in total. The van der Waals surface area contributed by atoms with Gasteiger partial charge in [-0.05, 0) is 95.0 Å². The molecule has 3 aromatic carbocycles. The molecule has 6 rings (SSSR count). The van der Waals surface area contributed by atoms with Crippen molar-refractivity contribution < 1.29 is 0 Å². The Morgan fingerprint density at radius 1 is 0.825 bits per heavy atom. The molecule has 0 fully saturated rings. The zero-order chi connectivity index (χ0) is 28.7. The molecule has 1 heteroatoms. The summed E-state index contributed by atoms with van der Waals surface area (Å²) in [6, 6.07) is 20.1. The average Bonchev–Trinajstić information content (AvgIpc) is 3.27. The molecular weight excluding hydrogens is 482 g/mol. The molecule has 0 saturated heterocycles. The van der Waals surface area contributed by atoms with Crippen LogP contribution < -0.4 is 0 Å². The van der Waals surface area contributed by atoms with E-state index >= 15 is 0 Å². The summed E-state index contributed by atoms with van der Waals surface area (Å²) in [6.07, 6.45) is 4.85. The zero-order valence-electron chi connectivity index (χ0n) is 25.4. The van der Waals surface area contributed by atoms with Crippen LogP contribution in [0.1, 0.15) is 93.3 Å². The maximum Gasteiger partial charge on any atom is 0.0633 e. The predicted molar refractivity (Wildman–Crippen MR) is 172 cm³/mol. The molecule has 1 nitrogen and oxygen atoms in total. The number of rotatable bonds is 4. The van der Waals surface area contributed by atoms with Gasteiger partial charge in [0.15, 0.2) is 0 Å². The second kappa shape index (κ2) is 8.90. The SMILES string of the molecule is C=C(C)C1=CC(C)C2C(=C1)C(C)(C)c1cc3c(cc12)C(C)(C)c1cc(C(=C)N=C(C)c2ccccc2)cc(C)c1-3. The van der Waals surface area contributed by atoms with Crippen LogP contribution in [0.15, 0.2) is 102 Å². The minimum Gasteiger partial charge on any atom is -0.253 e. The van der Waals surface area contributed by atoms with Crippen molar-refractivity contribution in [3.8, 4) is 11.1 Å². The Bertz CT molecular complexity index is 1700. The van der Waals surface area contributed by atoms with Crippen LogP contribution in [0.5, 0.6) is 0 Å². The number of hydrogen-bond acceptors (Lipinski definition) is 1. The molecule has 0 spiro atoms. The normalized spacial score (nSPS) is 21.6. The van der Waals surface area contributed by atoms with Crippen LogP contribution in [0.3, 0.4) is 0 Å². The summed E-state index contributed by atoms with van der Waals surface area (Å²) in [5.74, 6) is 0.865. The first-order valence-corrected chi connectivity index (χ1v) is 14.6. The van der Waals surface area contributed by atoms with Crippen LogP contribution in [-0.4, -0.2) is 5.71 Å². The second-order valence-electron chi connectivity index (χ2n) is 13.3. The topological polar surface area (TPSA) is 12.4 Å². The van der Waals surface area contributed by atoms with Crippen molar-refractivity contribution in [3.05, 3.63) is 136 Å². The minimum absolute atomic E-state index is 0.0169. The van der Waals surface area contributed by atoms with Crippen LogP contribution in [0, 0.1) is 12.8 Å². The van der Waals surface area contributed by atoms with E-state index in [9.17, 15) is 0 Å². The lowest BCUT2D eigenvalue weighted by molar-refractivity contribution is 0.547. The Labute approximate surface area is 240 Å². The molecule has 3 aromatic rings. The summed E-state index contributed by atoms with van der Waals surface area (Å²) in [4.78, 5) is 4.93. The van der Waals surface area contributed by atoms with Gasteiger partial charge < -0.3 is 0 Å². The van der Waals surface area contributed by atoms with Gasteiger partial charge in [0.2, 0.25) is 0 Å². The number of nitrogens with zero attached hydrogens (tertiary/aromatic N) is 1. The summed E-state index contributed by atoms with van der Waals surface area (Å²) < 4.78 is 0. The van der Waals surface area contributed by atoms with Gasteiger partial charge in [-0.2, -0.15) is 0 Å². The monoisotopic (exact) mass is 523 g/mol. The van der Waals surface area contributed by atoms with Crippen LogP contribution in [0.4, 0.5) is 0 Å². The Balaban J connectivity index is 1.47. The maximum atomic E-state index is 4.93. The van der Waals surface area contributed by atoms with E-state index in [4.69, 9.17) is 4.99 Å². The smallest absolute Gasteiger partial charge is 0.0633 e. The molecule has 202 valence electrons. The summed E-state index contributed by atoms with van der Waals surface area (Å²) in [6.45, 7) is 27.0. The van der Waals surface area contributed by atoms with Gasteiger partial charge in [0.25, 0.3) is 0 Å². The van der Waals surface area contributed by atoms with E-state index in [1.165, 1.54) is 50.1 Å². The fourth-order valence-corrected chi connectivity index (χ4v) is 7.51. The van der Waals surface area contributed by atoms with Crippen molar-refractivity contribution in [3.63, 3.8) is 0 Å². The van der Waals surface area contributed by atoms with E-state index < -0.39 is 0 Å². The van der Waals surface area contributed by atoms with Crippen molar-refractivity contribution in [1.82, 2.24) is 0 Å². The first-order valence-electron chi connectivity index (χ1n) is 14.6. The Morgan fingerprint density at radius 3 is 2.20 bits per heavy atom. The van der Waals surface area contributed by atoms with Crippen LogP contribution in [0.2, 0.25) is 0 Å². The van der Waals surface area contributed by atoms with Crippen molar-refractivity contribution >= 4 is 11.4 Å². The third-order valence-electron chi connectivity index (χ3n) is 9.81. The summed E-state index contributed by atoms with van der Waals surface area (Å²) in [7, 11) is 0. The lowest BCUT2D eigenvalue weighted by Gasteiger charge is -2.31. The molecule has 0 amide bonds. The number of hydrogen-bond donors (Lipinski definition) is 0. The van der Waals surface area contributed by atoms with Gasteiger partial charge in [0.05, 0.1) is 5.70 Å². The average molecular weight is 524 g/mol. The molecule has 2 atom stereocenters. The summed E-state index contributed by atoms with van der Waals surface area (Å²) in [5.41, 5.74) is 17.8. The highest BCUT2D eigenvalue weighted by atomic mass is 14.8. The molecule has 0 bridgehead atoms. The van der Waals surface area contributed by atoms with E-state index in [2.05, 4.69) is 129 Å². The van der Waals surface area contributed by atoms with Gasteiger partial charge in [-0.1, -0.05) is 107 Å². The molecule has 3 aliphatic rings. The molecular formula is C39H41N. The number of aryl methyl sites for hydroxylation is 1. The van der Waals surface area contributed by atoms with E-state index in [0.717, 1.165) is 28.1 Å². The molecule has 3 aliphatic carbocycles. The number of aliphatic imine (C=N–C) groups is 1. The Hall–Kier alpha value is -3.71. The first kappa shape index (κ1) is 26.5. The Kier molecular flexibility index (Phi) is 5.90. The summed E-state index contributed by atoms with van der Waals surface area (Å²) in [5, 5.41) is 0. The van der Waals surface area contributed by atoms with E-state index in [1.54, 1.807) is 0 Å². The van der Waals surface area contributed by atoms with Crippen LogP contribution in [-0.2, 0) is 10.8 Å². The minimum atomic E-state index is -0.105. The highest BCUT2D eigenvalue weighted by molar-refractivity contribution is 6.01. The van der Waals surface area contributed by atoms with Gasteiger partial charge in [-0.15, -0.1) is 0 Å². The van der Waals surface area contributed by atoms with Crippen molar-refractivity contribution in [2.75, 3.05) is 0 Å². The molecule has 0 aliphatic heterocycles. The zero-order valence-corrected chi connectivity index (χ0v) is 25.4. The molecule has 0 saturated carbocycles. The molecule has 0 aromatic heterocycles.